The number of hydrogen-bond acceptors (Lipinski definition) is 5. The molecule has 2 aromatic rings. The zero-order valence-corrected chi connectivity index (χ0v) is 17.6. The highest BCUT2D eigenvalue weighted by Crippen LogP contribution is 2.33. The Kier molecular flexibility index (Phi) is 8.02. The summed E-state index contributed by atoms with van der Waals surface area (Å²) in [6, 6.07) is 6.93. The Morgan fingerprint density at radius 1 is 1.18 bits per heavy atom. The summed E-state index contributed by atoms with van der Waals surface area (Å²) in [4.78, 5) is 37.5. The average molecular weight is 423 g/mol. The fourth-order valence-corrected chi connectivity index (χ4v) is 3.84. The van der Waals surface area contributed by atoms with E-state index in [1.165, 1.54) is 7.11 Å². The van der Waals surface area contributed by atoms with Crippen LogP contribution in [0.1, 0.15) is 50.9 Å². The Hall–Kier alpha value is -2.38. The Morgan fingerprint density at radius 3 is 2.46 bits per heavy atom. The van der Waals surface area contributed by atoms with E-state index in [1.54, 1.807) is 31.2 Å². The van der Waals surface area contributed by atoms with E-state index < -0.39 is 5.97 Å². The van der Waals surface area contributed by atoms with Crippen molar-refractivity contribution < 1.29 is 19.1 Å². The van der Waals surface area contributed by atoms with E-state index in [4.69, 9.17) is 16.3 Å². The first-order chi connectivity index (χ1) is 13.4. The number of esters is 1. The van der Waals surface area contributed by atoms with Crippen molar-refractivity contribution in [1.29, 1.82) is 0 Å². The third-order valence-electron chi connectivity index (χ3n) is 4.09. The first-order valence-corrected chi connectivity index (χ1v) is 10.1. The molecule has 150 valence electrons. The van der Waals surface area contributed by atoms with Gasteiger partial charge in [0.05, 0.1) is 24.0 Å². The largest absolute Gasteiger partial charge is 0.465 e. The smallest absolute Gasteiger partial charge is 0.341 e. The molecule has 1 heterocycles. The minimum Gasteiger partial charge on any atom is -0.465 e. The fourth-order valence-electron chi connectivity index (χ4n) is 2.58. The molecule has 0 saturated carbocycles. The molecule has 28 heavy (non-hydrogen) atoms. The van der Waals surface area contributed by atoms with Gasteiger partial charge in [0.15, 0.2) is 0 Å². The first kappa shape index (κ1) is 21.9. The highest BCUT2D eigenvalue weighted by Gasteiger charge is 2.26. The molecule has 0 saturated heterocycles. The second-order valence-corrected chi connectivity index (χ2v) is 7.67. The van der Waals surface area contributed by atoms with Crippen molar-refractivity contribution in [3.63, 3.8) is 0 Å². The molecule has 2 rings (SSSR count). The molecule has 2 amide bonds. The maximum atomic E-state index is 12.4. The maximum Gasteiger partial charge on any atom is 0.341 e. The van der Waals surface area contributed by atoms with Gasteiger partial charge in [-0.3, -0.25) is 9.59 Å². The van der Waals surface area contributed by atoms with Crippen molar-refractivity contribution in [3.05, 3.63) is 50.9 Å². The lowest BCUT2D eigenvalue weighted by Gasteiger charge is -2.06. The molecule has 1 aromatic carbocycles. The molecule has 0 bridgehead atoms. The molecular formula is C20H23ClN2O4S. The monoisotopic (exact) mass is 422 g/mol. The number of amides is 2. The second kappa shape index (κ2) is 10.2. The van der Waals surface area contributed by atoms with Crippen LogP contribution in [0.2, 0.25) is 5.02 Å². The lowest BCUT2D eigenvalue weighted by Crippen LogP contribution is -2.24. The van der Waals surface area contributed by atoms with Crippen molar-refractivity contribution in [2.24, 2.45) is 0 Å². The van der Waals surface area contributed by atoms with E-state index in [2.05, 4.69) is 10.6 Å². The van der Waals surface area contributed by atoms with Crippen molar-refractivity contribution in [2.45, 2.75) is 33.1 Å². The van der Waals surface area contributed by atoms with Gasteiger partial charge in [0.1, 0.15) is 5.00 Å². The quantitative estimate of drug-likeness (QED) is 0.493. The number of carbonyl (C=O) groups is 3. The fraction of sp³-hybridized carbons (Fsp3) is 0.350. The van der Waals surface area contributed by atoms with Crippen LogP contribution in [0.5, 0.6) is 0 Å². The van der Waals surface area contributed by atoms with Crippen LogP contribution in [-0.4, -0.2) is 31.4 Å². The molecular weight excluding hydrogens is 400 g/mol. The molecule has 8 heteroatoms. The van der Waals surface area contributed by atoms with Crippen molar-refractivity contribution >= 4 is 45.7 Å². The zero-order chi connectivity index (χ0) is 20.7. The second-order valence-electron chi connectivity index (χ2n) is 6.21. The minimum absolute atomic E-state index is 0.118. The molecule has 2 N–H and O–H groups in total. The summed E-state index contributed by atoms with van der Waals surface area (Å²) >= 11 is 6.93. The Balaban J connectivity index is 2.22. The lowest BCUT2D eigenvalue weighted by molar-refractivity contribution is -0.115. The summed E-state index contributed by atoms with van der Waals surface area (Å²) < 4.78 is 4.83. The van der Waals surface area contributed by atoms with Crippen LogP contribution in [0, 0.1) is 6.92 Å². The molecule has 0 radical (unpaired) electrons. The van der Waals surface area contributed by atoms with E-state index in [-0.39, 0.29) is 23.8 Å². The topological polar surface area (TPSA) is 84.5 Å². The van der Waals surface area contributed by atoms with Gasteiger partial charge in [-0.15, -0.1) is 11.3 Å². The van der Waals surface area contributed by atoms with Gasteiger partial charge in [0.25, 0.3) is 5.91 Å². The van der Waals surface area contributed by atoms with Crippen LogP contribution < -0.4 is 10.6 Å². The minimum atomic E-state index is -0.594. The van der Waals surface area contributed by atoms with Crippen LogP contribution in [0.25, 0.3) is 0 Å². The Morgan fingerprint density at radius 2 is 1.86 bits per heavy atom. The van der Waals surface area contributed by atoms with E-state index in [0.717, 1.165) is 29.7 Å². The van der Waals surface area contributed by atoms with Crippen molar-refractivity contribution in [3.8, 4) is 0 Å². The number of methoxy groups -OCH3 is 1. The Bertz CT molecular complexity index is 862. The van der Waals surface area contributed by atoms with E-state index in [0.29, 0.717) is 27.0 Å². The van der Waals surface area contributed by atoms with E-state index in [9.17, 15) is 14.4 Å². The number of halogens is 1. The summed E-state index contributed by atoms with van der Waals surface area (Å²) in [6.45, 7) is 4.26. The van der Waals surface area contributed by atoms with Crippen LogP contribution in [0.3, 0.4) is 0 Å². The highest BCUT2D eigenvalue weighted by atomic mass is 35.5. The first-order valence-electron chi connectivity index (χ1n) is 8.91. The number of nitrogens with one attached hydrogen (secondary N) is 2. The van der Waals surface area contributed by atoms with Gasteiger partial charge < -0.3 is 15.4 Å². The molecule has 0 aliphatic heterocycles. The molecule has 0 spiro atoms. The standard InChI is InChI=1S/C20H23ClN2O4S/c1-4-5-10-22-18(25)17-12(2)16(20(26)27-3)19(28-17)23-15(24)11-13-6-8-14(21)9-7-13/h6-9H,4-5,10-11H2,1-3H3,(H,22,25)(H,23,24). The SMILES string of the molecule is CCCCNC(=O)c1sc(NC(=O)Cc2ccc(Cl)cc2)c(C(=O)OC)c1C. The van der Waals surface area contributed by atoms with Gasteiger partial charge >= 0.3 is 5.97 Å². The third kappa shape index (κ3) is 5.56. The zero-order valence-electron chi connectivity index (χ0n) is 16.1. The molecule has 0 aliphatic carbocycles. The number of ether oxygens (including phenoxy) is 1. The predicted molar refractivity (Wildman–Crippen MR) is 111 cm³/mol. The maximum absolute atomic E-state index is 12.4. The molecule has 0 fully saturated rings. The van der Waals surface area contributed by atoms with Gasteiger partial charge in [0.2, 0.25) is 5.91 Å². The number of rotatable bonds is 8. The van der Waals surface area contributed by atoms with Crippen molar-refractivity contribution in [2.75, 3.05) is 19.0 Å². The van der Waals surface area contributed by atoms with Crippen LogP contribution >= 0.6 is 22.9 Å². The summed E-state index contributed by atoms with van der Waals surface area (Å²) in [5.41, 5.74) is 1.48. The molecule has 1 aromatic heterocycles. The van der Waals surface area contributed by atoms with Gasteiger partial charge in [-0.2, -0.15) is 0 Å². The average Bonchev–Trinajstić information content (AvgIpc) is 2.99. The van der Waals surface area contributed by atoms with Gasteiger partial charge in [0, 0.05) is 11.6 Å². The summed E-state index contributed by atoms with van der Waals surface area (Å²) in [6.07, 6.45) is 1.95. The number of hydrogen-bond donors (Lipinski definition) is 2. The van der Waals surface area contributed by atoms with E-state index >= 15 is 0 Å². The van der Waals surface area contributed by atoms with Gasteiger partial charge in [-0.25, -0.2) is 4.79 Å². The van der Waals surface area contributed by atoms with E-state index in [1.807, 2.05) is 6.92 Å². The van der Waals surface area contributed by atoms with Gasteiger partial charge in [-0.1, -0.05) is 37.1 Å². The summed E-state index contributed by atoms with van der Waals surface area (Å²) in [5.74, 6) is -1.16. The number of benzene rings is 1. The Labute approximate surface area is 173 Å². The number of anilines is 1. The van der Waals surface area contributed by atoms with Crippen molar-refractivity contribution in [1.82, 2.24) is 5.32 Å². The highest BCUT2D eigenvalue weighted by molar-refractivity contribution is 7.18. The molecule has 0 unspecified atom stereocenters. The lowest BCUT2D eigenvalue weighted by atomic mass is 10.1. The number of unbranched alkanes of at least 4 members (excludes halogenated alkanes) is 1. The predicted octanol–water partition coefficient (Wildman–Crippen LogP) is 4.21. The molecule has 0 aliphatic rings. The summed E-state index contributed by atoms with van der Waals surface area (Å²) in [5, 5.41) is 6.47. The molecule has 0 atom stereocenters. The number of carbonyl (C=O) groups excluding carboxylic acids is 3. The van der Waals surface area contributed by atoms with Crippen LogP contribution in [0.15, 0.2) is 24.3 Å². The normalized spacial score (nSPS) is 10.4. The van der Waals surface area contributed by atoms with Crippen LogP contribution in [-0.2, 0) is 16.0 Å². The third-order valence-corrected chi connectivity index (χ3v) is 5.55. The van der Waals surface area contributed by atoms with Crippen LogP contribution in [0.4, 0.5) is 5.00 Å². The van der Waals surface area contributed by atoms with Gasteiger partial charge in [-0.05, 0) is 36.6 Å². The molecule has 6 nitrogen and oxygen atoms in total. The summed E-state index contributed by atoms with van der Waals surface area (Å²) in [7, 11) is 1.26. The number of thiophene rings is 1.